The van der Waals surface area contributed by atoms with Gasteiger partial charge in [-0.25, -0.2) is 8.42 Å². The van der Waals surface area contributed by atoms with E-state index in [1.165, 1.54) is 6.92 Å². The maximum absolute atomic E-state index is 11.3. The molecule has 4 nitrogen and oxygen atoms in total. The van der Waals surface area contributed by atoms with Gasteiger partial charge in [0.25, 0.3) is 0 Å². The number of halogens is 1. The van der Waals surface area contributed by atoms with Crippen LogP contribution < -0.4 is 5.32 Å². The Kier molecular flexibility index (Phi) is 6.20. The SMILES string of the molecule is CC(Cl)CCCNC(=O)C(C)S(C)(=O)=O. The molecule has 0 aliphatic heterocycles. The molecule has 2 atom stereocenters. The van der Waals surface area contributed by atoms with Crippen molar-refractivity contribution in [1.29, 1.82) is 0 Å². The van der Waals surface area contributed by atoms with Gasteiger partial charge in [-0.05, 0) is 26.7 Å². The van der Waals surface area contributed by atoms with E-state index in [2.05, 4.69) is 5.32 Å². The third-order valence-corrected chi connectivity index (χ3v) is 3.81. The number of carbonyl (C=O) groups excluding carboxylic acids is 1. The first kappa shape index (κ1) is 14.7. The monoisotopic (exact) mass is 255 g/mol. The number of carbonyl (C=O) groups is 1. The summed E-state index contributed by atoms with van der Waals surface area (Å²) in [4.78, 5) is 11.3. The number of hydrogen-bond donors (Lipinski definition) is 1. The van der Waals surface area contributed by atoms with Gasteiger partial charge in [-0.15, -0.1) is 11.6 Å². The molecule has 0 radical (unpaired) electrons. The maximum Gasteiger partial charge on any atom is 0.238 e. The Labute approximate surface area is 96.3 Å². The normalized spacial score (nSPS) is 15.7. The predicted octanol–water partition coefficient (Wildman–Crippen LogP) is 0.943. The van der Waals surface area contributed by atoms with Crippen molar-refractivity contribution in [3.63, 3.8) is 0 Å². The second kappa shape index (κ2) is 6.33. The molecular weight excluding hydrogens is 238 g/mol. The first-order chi connectivity index (χ1) is 6.75. The van der Waals surface area contributed by atoms with Crippen LogP contribution in [0.1, 0.15) is 26.7 Å². The Morgan fingerprint density at radius 3 is 2.33 bits per heavy atom. The van der Waals surface area contributed by atoms with Crippen molar-refractivity contribution in [2.45, 2.75) is 37.3 Å². The average Bonchev–Trinajstić information content (AvgIpc) is 2.09. The highest BCUT2D eigenvalue weighted by Gasteiger charge is 2.22. The molecule has 0 aliphatic rings. The van der Waals surface area contributed by atoms with Crippen LogP contribution in [-0.2, 0) is 14.6 Å². The van der Waals surface area contributed by atoms with Crippen LogP contribution in [0.15, 0.2) is 0 Å². The van der Waals surface area contributed by atoms with Gasteiger partial charge in [0.1, 0.15) is 5.25 Å². The zero-order valence-electron chi connectivity index (χ0n) is 9.29. The smallest absolute Gasteiger partial charge is 0.238 e. The fourth-order valence-electron chi connectivity index (χ4n) is 0.933. The Morgan fingerprint density at radius 1 is 1.40 bits per heavy atom. The van der Waals surface area contributed by atoms with E-state index < -0.39 is 21.0 Å². The van der Waals surface area contributed by atoms with Crippen LogP contribution in [0.3, 0.4) is 0 Å². The standard InChI is InChI=1S/C9H18ClNO3S/c1-7(10)5-4-6-11-9(12)8(2)15(3,13)14/h7-8H,4-6H2,1-3H3,(H,11,12). The summed E-state index contributed by atoms with van der Waals surface area (Å²) >= 11 is 5.72. The summed E-state index contributed by atoms with van der Waals surface area (Å²) in [5.41, 5.74) is 0. The molecule has 1 N–H and O–H groups in total. The minimum absolute atomic E-state index is 0.0780. The zero-order valence-corrected chi connectivity index (χ0v) is 10.9. The minimum atomic E-state index is -3.29. The van der Waals surface area contributed by atoms with Gasteiger partial charge in [-0.1, -0.05) is 0 Å². The molecule has 0 saturated carbocycles. The van der Waals surface area contributed by atoms with Gasteiger partial charge in [0.15, 0.2) is 9.84 Å². The summed E-state index contributed by atoms with van der Waals surface area (Å²) in [6.07, 6.45) is 2.61. The lowest BCUT2D eigenvalue weighted by Crippen LogP contribution is -2.37. The molecule has 90 valence electrons. The molecule has 0 heterocycles. The molecule has 0 aliphatic carbocycles. The van der Waals surface area contributed by atoms with E-state index in [1.54, 1.807) is 0 Å². The van der Waals surface area contributed by atoms with Gasteiger partial charge in [-0.2, -0.15) is 0 Å². The molecule has 0 rings (SSSR count). The number of rotatable bonds is 6. The van der Waals surface area contributed by atoms with Crippen LogP contribution in [0.25, 0.3) is 0 Å². The summed E-state index contributed by atoms with van der Waals surface area (Å²) in [5.74, 6) is -0.445. The molecule has 0 fully saturated rings. The van der Waals surface area contributed by atoms with Crippen molar-refractivity contribution in [1.82, 2.24) is 5.32 Å². The lowest BCUT2D eigenvalue weighted by molar-refractivity contribution is -0.120. The number of amides is 1. The lowest BCUT2D eigenvalue weighted by Gasteiger charge is -2.10. The van der Waals surface area contributed by atoms with E-state index in [4.69, 9.17) is 11.6 Å². The summed E-state index contributed by atoms with van der Waals surface area (Å²) in [6.45, 7) is 3.73. The average molecular weight is 256 g/mol. The Balaban J connectivity index is 3.86. The van der Waals surface area contributed by atoms with Gasteiger partial charge in [-0.3, -0.25) is 4.79 Å². The van der Waals surface area contributed by atoms with E-state index in [0.29, 0.717) is 6.54 Å². The molecule has 0 saturated heterocycles. The predicted molar refractivity (Wildman–Crippen MR) is 61.9 cm³/mol. The van der Waals surface area contributed by atoms with Crippen molar-refractivity contribution in [3.8, 4) is 0 Å². The highest BCUT2D eigenvalue weighted by atomic mass is 35.5. The van der Waals surface area contributed by atoms with Crippen molar-refractivity contribution >= 4 is 27.3 Å². The molecule has 1 amide bonds. The Morgan fingerprint density at radius 2 is 1.93 bits per heavy atom. The van der Waals surface area contributed by atoms with Crippen LogP contribution in [0.4, 0.5) is 0 Å². The maximum atomic E-state index is 11.3. The van der Waals surface area contributed by atoms with Crippen LogP contribution in [0.2, 0.25) is 0 Å². The van der Waals surface area contributed by atoms with E-state index in [1.807, 2.05) is 6.92 Å². The molecule has 0 aromatic rings. The quantitative estimate of drug-likeness (QED) is 0.568. The van der Waals surface area contributed by atoms with Crippen molar-refractivity contribution in [2.75, 3.05) is 12.8 Å². The summed E-state index contributed by atoms with van der Waals surface area (Å²) < 4.78 is 22.1. The van der Waals surface area contributed by atoms with Crippen molar-refractivity contribution in [2.24, 2.45) is 0 Å². The lowest BCUT2D eigenvalue weighted by atomic mass is 10.2. The Bertz CT molecular complexity index is 300. The third kappa shape index (κ3) is 6.73. The molecule has 0 aromatic carbocycles. The summed E-state index contributed by atoms with van der Waals surface area (Å²) in [5, 5.41) is 1.66. The topological polar surface area (TPSA) is 63.2 Å². The van der Waals surface area contributed by atoms with Gasteiger partial charge in [0, 0.05) is 18.2 Å². The first-order valence-electron chi connectivity index (χ1n) is 4.85. The second-order valence-electron chi connectivity index (χ2n) is 3.69. The first-order valence-corrected chi connectivity index (χ1v) is 7.25. The molecule has 15 heavy (non-hydrogen) atoms. The number of alkyl halides is 1. The summed E-state index contributed by atoms with van der Waals surface area (Å²) in [6, 6.07) is 0. The van der Waals surface area contributed by atoms with Crippen molar-refractivity contribution < 1.29 is 13.2 Å². The molecule has 2 unspecified atom stereocenters. The van der Waals surface area contributed by atoms with Gasteiger partial charge >= 0.3 is 0 Å². The Hall–Kier alpha value is -0.290. The second-order valence-corrected chi connectivity index (χ2v) is 6.80. The van der Waals surface area contributed by atoms with Gasteiger partial charge < -0.3 is 5.32 Å². The highest BCUT2D eigenvalue weighted by Crippen LogP contribution is 2.03. The summed E-state index contributed by atoms with van der Waals surface area (Å²) in [7, 11) is -3.29. The van der Waals surface area contributed by atoms with E-state index in [0.717, 1.165) is 19.1 Å². The number of sulfone groups is 1. The largest absolute Gasteiger partial charge is 0.355 e. The van der Waals surface area contributed by atoms with Gasteiger partial charge in [0.2, 0.25) is 5.91 Å². The van der Waals surface area contributed by atoms with E-state index in [9.17, 15) is 13.2 Å². The molecular formula is C9H18ClNO3S. The van der Waals surface area contributed by atoms with Crippen molar-refractivity contribution in [3.05, 3.63) is 0 Å². The molecule has 0 bridgehead atoms. The van der Waals surface area contributed by atoms with E-state index >= 15 is 0 Å². The minimum Gasteiger partial charge on any atom is -0.355 e. The third-order valence-electron chi connectivity index (χ3n) is 2.09. The van der Waals surface area contributed by atoms with Crippen LogP contribution in [0.5, 0.6) is 0 Å². The number of nitrogens with one attached hydrogen (secondary N) is 1. The van der Waals surface area contributed by atoms with E-state index in [-0.39, 0.29) is 5.38 Å². The van der Waals surface area contributed by atoms with Gasteiger partial charge in [0.05, 0.1) is 0 Å². The highest BCUT2D eigenvalue weighted by molar-refractivity contribution is 7.92. The molecule has 0 spiro atoms. The molecule has 0 aromatic heterocycles. The van der Waals surface area contributed by atoms with Crippen LogP contribution in [0, 0.1) is 0 Å². The fourth-order valence-corrected chi connectivity index (χ4v) is 1.56. The van der Waals surface area contributed by atoms with Crippen LogP contribution >= 0.6 is 11.6 Å². The number of hydrogen-bond acceptors (Lipinski definition) is 3. The zero-order chi connectivity index (χ0) is 12.1. The van der Waals surface area contributed by atoms with Crippen LogP contribution in [-0.4, -0.2) is 37.8 Å². The fraction of sp³-hybridized carbons (Fsp3) is 0.889. The molecule has 6 heteroatoms.